The van der Waals surface area contributed by atoms with E-state index < -0.39 is 17.5 Å². The average molecular weight is 191 g/mol. The van der Waals surface area contributed by atoms with Crippen LogP contribution in [0.15, 0.2) is 12.1 Å². The van der Waals surface area contributed by atoms with Crippen LogP contribution in [0.4, 0.5) is 13.2 Å². The zero-order valence-corrected chi connectivity index (χ0v) is 7.54. The summed E-state index contributed by atoms with van der Waals surface area (Å²) in [5, 5.41) is 0. The van der Waals surface area contributed by atoms with E-state index in [9.17, 15) is 13.2 Å². The van der Waals surface area contributed by atoms with E-state index in [1.807, 2.05) is 6.07 Å². The van der Waals surface area contributed by atoms with Crippen LogP contribution in [0.1, 0.15) is 0 Å². The van der Waals surface area contributed by atoms with Gasteiger partial charge in [-0.2, -0.15) is 0 Å². The Morgan fingerprint density at radius 2 is 1.64 bits per heavy atom. The molecule has 0 radical (unpaired) electrons. The maximum Gasteiger partial charge on any atom is 2.00 e. The summed E-state index contributed by atoms with van der Waals surface area (Å²) in [6.07, 6.45) is 0. The monoisotopic (exact) mass is 190 g/mol. The van der Waals surface area contributed by atoms with E-state index in [2.05, 4.69) is 0 Å². The molecule has 56 valence electrons. The van der Waals surface area contributed by atoms with Gasteiger partial charge in [-0.25, -0.2) is 8.78 Å². The summed E-state index contributed by atoms with van der Waals surface area (Å²) >= 11 is 0. The standard InChI is InChI=1S/C6H2F3.ClH.Mg/c7-4-1-2-5(8)6(9)3-4;;/h2-3H;1H;/q-1;;+2/p-1. The third-order valence-corrected chi connectivity index (χ3v) is 0.818. The summed E-state index contributed by atoms with van der Waals surface area (Å²) in [7, 11) is 0. The van der Waals surface area contributed by atoms with Crippen LogP contribution in [0.3, 0.4) is 0 Å². The normalized spacial score (nSPS) is 7.91. The summed E-state index contributed by atoms with van der Waals surface area (Å²) in [5.74, 6) is -3.17. The Kier molecular flexibility index (Phi) is 7.05. The van der Waals surface area contributed by atoms with Crippen molar-refractivity contribution in [2.24, 2.45) is 0 Å². The minimum absolute atomic E-state index is 0. The van der Waals surface area contributed by atoms with Crippen LogP contribution in [0.25, 0.3) is 0 Å². The van der Waals surface area contributed by atoms with E-state index in [0.717, 1.165) is 0 Å². The van der Waals surface area contributed by atoms with Crippen LogP contribution < -0.4 is 12.4 Å². The van der Waals surface area contributed by atoms with Crippen molar-refractivity contribution < 1.29 is 25.6 Å². The molecule has 0 aromatic heterocycles. The van der Waals surface area contributed by atoms with Gasteiger partial charge in [0, 0.05) is 11.6 Å². The summed E-state index contributed by atoms with van der Waals surface area (Å²) in [6.45, 7) is 0. The van der Waals surface area contributed by atoms with Gasteiger partial charge in [0.2, 0.25) is 0 Å². The van der Waals surface area contributed by atoms with Gasteiger partial charge in [-0.05, 0) is 0 Å². The molecule has 1 aromatic rings. The first-order valence-corrected chi connectivity index (χ1v) is 2.22. The van der Waals surface area contributed by atoms with Crippen molar-refractivity contribution in [3.63, 3.8) is 0 Å². The van der Waals surface area contributed by atoms with Gasteiger partial charge in [-0.3, -0.25) is 4.39 Å². The molecule has 0 bridgehead atoms. The second-order valence-electron chi connectivity index (χ2n) is 1.48. The fraction of sp³-hybridized carbons (Fsp3) is 0. The van der Waals surface area contributed by atoms with E-state index in [1.165, 1.54) is 0 Å². The second kappa shape index (κ2) is 5.68. The molecule has 0 aliphatic carbocycles. The van der Waals surface area contributed by atoms with Gasteiger partial charge in [-0.15, -0.1) is 12.1 Å². The summed E-state index contributed by atoms with van der Waals surface area (Å²) in [6, 6.07) is 2.91. The van der Waals surface area contributed by atoms with Crippen LogP contribution in [-0.4, -0.2) is 23.1 Å². The van der Waals surface area contributed by atoms with Crippen LogP contribution in [0.2, 0.25) is 0 Å². The summed E-state index contributed by atoms with van der Waals surface area (Å²) < 4.78 is 35.8. The molecule has 0 heterocycles. The Bertz CT molecular complexity index is 229. The Morgan fingerprint density at radius 3 is 2.00 bits per heavy atom. The summed E-state index contributed by atoms with van der Waals surface area (Å²) in [4.78, 5) is 0. The Hall–Kier alpha value is 0.0662. The molecule has 0 saturated heterocycles. The van der Waals surface area contributed by atoms with Crippen LogP contribution in [-0.2, 0) is 0 Å². The Morgan fingerprint density at radius 1 is 1.09 bits per heavy atom. The van der Waals surface area contributed by atoms with Gasteiger partial charge in [-0.1, -0.05) is 6.07 Å². The van der Waals surface area contributed by atoms with Crippen LogP contribution in [0.5, 0.6) is 0 Å². The smallest absolute Gasteiger partial charge is 1.00 e. The predicted molar refractivity (Wildman–Crippen MR) is 30.9 cm³/mol. The Balaban J connectivity index is 0. The van der Waals surface area contributed by atoms with Crippen molar-refractivity contribution in [3.8, 4) is 0 Å². The molecule has 0 nitrogen and oxygen atoms in total. The van der Waals surface area contributed by atoms with Crippen LogP contribution in [0, 0.1) is 23.5 Å². The minimum atomic E-state index is -1.19. The van der Waals surface area contributed by atoms with Crippen molar-refractivity contribution >= 4 is 23.1 Å². The third-order valence-electron chi connectivity index (χ3n) is 0.818. The molecule has 0 saturated carbocycles. The van der Waals surface area contributed by atoms with E-state index in [-0.39, 0.29) is 35.5 Å². The Labute approximate surface area is 84.4 Å². The van der Waals surface area contributed by atoms with Crippen molar-refractivity contribution in [1.82, 2.24) is 0 Å². The molecule has 0 atom stereocenters. The average Bonchev–Trinajstić information content (AvgIpc) is 1.80. The fourth-order valence-corrected chi connectivity index (χ4v) is 0.423. The van der Waals surface area contributed by atoms with Gasteiger partial charge < -0.3 is 12.4 Å². The number of benzene rings is 1. The molecular formula is C6H2ClF3Mg. The maximum atomic E-state index is 11.9. The number of hydrogen-bond acceptors (Lipinski definition) is 0. The molecule has 1 aromatic carbocycles. The molecule has 11 heavy (non-hydrogen) atoms. The number of rotatable bonds is 0. The van der Waals surface area contributed by atoms with Crippen molar-refractivity contribution in [2.45, 2.75) is 0 Å². The number of hydrogen-bond donors (Lipinski definition) is 0. The molecule has 0 fully saturated rings. The molecule has 5 heteroatoms. The van der Waals surface area contributed by atoms with Gasteiger partial charge in [0.1, 0.15) is 0 Å². The van der Waals surface area contributed by atoms with Gasteiger partial charge >= 0.3 is 23.1 Å². The number of halogens is 4. The predicted octanol–water partition coefficient (Wildman–Crippen LogP) is -1.47. The quantitative estimate of drug-likeness (QED) is 0.266. The maximum absolute atomic E-state index is 11.9. The van der Waals surface area contributed by atoms with Crippen molar-refractivity contribution in [2.75, 3.05) is 0 Å². The van der Waals surface area contributed by atoms with Gasteiger partial charge in [0.05, 0.1) is 5.82 Å². The molecule has 0 N–H and O–H groups in total. The van der Waals surface area contributed by atoms with Crippen molar-refractivity contribution in [3.05, 3.63) is 35.7 Å². The molecule has 0 unspecified atom stereocenters. The SMILES string of the molecule is Fc1[c-]cc(F)c(F)c1.[Cl-].[Mg+2]. The van der Waals surface area contributed by atoms with E-state index >= 15 is 0 Å². The topological polar surface area (TPSA) is 0 Å². The molecular weight excluding hydrogens is 189 g/mol. The molecule has 0 aliphatic heterocycles. The van der Waals surface area contributed by atoms with Crippen LogP contribution >= 0.6 is 0 Å². The largest absolute Gasteiger partial charge is 2.00 e. The zero-order chi connectivity index (χ0) is 6.85. The van der Waals surface area contributed by atoms with E-state index in [4.69, 9.17) is 0 Å². The van der Waals surface area contributed by atoms with E-state index in [0.29, 0.717) is 12.1 Å². The first-order chi connectivity index (χ1) is 4.20. The van der Waals surface area contributed by atoms with E-state index in [1.54, 1.807) is 0 Å². The second-order valence-corrected chi connectivity index (χ2v) is 1.48. The van der Waals surface area contributed by atoms with Gasteiger partial charge in [0.25, 0.3) is 0 Å². The molecule has 1 rings (SSSR count). The van der Waals surface area contributed by atoms with Crippen molar-refractivity contribution in [1.29, 1.82) is 0 Å². The first kappa shape index (κ1) is 13.6. The fourth-order valence-electron chi connectivity index (χ4n) is 0.423. The summed E-state index contributed by atoms with van der Waals surface area (Å²) in [5.41, 5.74) is 0. The molecule has 0 aliphatic rings. The third kappa shape index (κ3) is 3.84. The van der Waals surface area contributed by atoms with Gasteiger partial charge in [0.15, 0.2) is 0 Å². The first-order valence-electron chi connectivity index (χ1n) is 2.22. The minimum Gasteiger partial charge on any atom is -1.00 e. The molecule has 0 spiro atoms. The zero-order valence-electron chi connectivity index (χ0n) is 5.37. The molecule has 0 amide bonds.